The fourth-order valence-corrected chi connectivity index (χ4v) is 2.84. The highest BCUT2D eigenvalue weighted by Crippen LogP contribution is 2.35. The number of hydrogen-bond acceptors (Lipinski definition) is 5. The van der Waals surface area contributed by atoms with Crippen LogP contribution in [0.15, 0.2) is 42.5 Å². The highest BCUT2D eigenvalue weighted by molar-refractivity contribution is 6.26. The first-order valence-corrected chi connectivity index (χ1v) is 6.46. The van der Waals surface area contributed by atoms with Crippen molar-refractivity contribution in [3.05, 3.63) is 63.7 Å². The summed E-state index contributed by atoms with van der Waals surface area (Å²) in [5.74, 6) is -1.40. The average molecular weight is 293 g/mol. The molecule has 0 atom stereocenters. The van der Waals surface area contributed by atoms with E-state index in [1.54, 1.807) is 30.3 Å². The second kappa shape index (κ2) is 4.11. The summed E-state index contributed by atoms with van der Waals surface area (Å²) in [4.78, 5) is 34.3. The monoisotopic (exact) mass is 293 g/mol. The molecule has 0 spiro atoms. The lowest BCUT2D eigenvalue weighted by atomic mass is 9.92. The number of ether oxygens (including phenoxy) is 1. The van der Waals surface area contributed by atoms with Gasteiger partial charge in [0.1, 0.15) is 0 Å². The van der Waals surface area contributed by atoms with E-state index in [2.05, 4.69) is 0 Å². The van der Waals surface area contributed by atoms with Gasteiger partial charge in [-0.25, -0.2) is 9.59 Å². The molecule has 22 heavy (non-hydrogen) atoms. The summed E-state index contributed by atoms with van der Waals surface area (Å²) >= 11 is 0. The number of non-ortho nitro benzene ring substituents is 1. The van der Waals surface area contributed by atoms with Crippen molar-refractivity contribution < 1.29 is 19.2 Å². The van der Waals surface area contributed by atoms with Gasteiger partial charge < -0.3 is 4.74 Å². The molecular formula is C16H7NO5. The first kappa shape index (κ1) is 12.5. The van der Waals surface area contributed by atoms with Crippen LogP contribution >= 0.6 is 0 Å². The maximum Gasteiger partial charge on any atom is 0.346 e. The molecule has 0 saturated heterocycles. The van der Waals surface area contributed by atoms with Crippen molar-refractivity contribution in [3.63, 3.8) is 0 Å². The van der Waals surface area contributed by atoms with Crippen LogP contribution in [0.4, 0.5) is 5.69 Å². The van der Waals surface area contributed by atoms with Crippen LogP contribution in [0.3, 0.4) is 0 Å². The zero-order chi connectivity index (χ0) is 15.4. The van der Waals surface area contributed by atoms with Crippen LogP contribution in [0, 0.1) is 10.1 Å². The number of nitro groups is 1. The highest BCUT2D eigenvalue weighted by Gasteiger charge is 2.28. The second-order valence-electron chi connectivity index (χ2n) is 4.99. The number of carbonyl (C=O) groups excluding carboxylic acids is 2. The van der Waals surface area contributed by atoms with Crippen molar-refractivity contribution in [3.8, 4) is 0 Å². The van der Waals surface area contributed by atoms with Crippen molar-refractivity contribution >= 4 is 39.2 Å². The summed E-state index contributed by atoms with van der Waals surface area (Å²) < 4.78 is 4.73. The molecule has 0 bridgehead atoms. The van der Waals surface area contributed by atoms with Gasteiger partial charge in [0.25, 0.3) is 5.69 Å². The fourth-order valence-electron chi connectivity index (χ4n) is 2.84. The summed E-state index contributed by atoms with van der Waals surface area (Å²) in [6.07, 6.45) is 0. The van der Waals surface area contributed by atoms with E-state index in [0.29, 0.717) is 32.7 Å². The molecule has 1 heterocycles. The normalized spacial score (nSPS) is 13.5. The van der Waals surface area contributed by atoms with Gasteiger partial charge in [0.15, 0.2) is 0 Å². The Labute approximate surface area is 123 Å². The Bertz CT molecular complexity index is 1020. The quantitative estimate of drug-likeness (QED) is 0.226. The third kappa shape index (κ3) is 1.54. The minimum absolute atomic E-state index is 0.0436. The van der Waals surface area contributed by atoms with Crippen LogP contribution in [0.1, 0.15) is 20.7 Å². The van der Waals surface area contributed by atoms with Gasteiger partial charge in [-0.1, -0.05) is 12.1 Å². The minimum atomic E-state index is -0.701. The molecule has 106 valence electrons. The molecule has 0 radical (unpaired) electrons. The first-order valence-electron chi connectivity index (χ1n) is 6.46. The van der Waals surface area contributed by atoms with Crippen molar-refractivity contribution in [1.82, 2.24) is 0 Å². The number of benzene rings is 3. The van der Waals surface area contributed by atoms with E-state index >= 15 is 0 Å². The van der Waals surface area contributed by atoms with Gasteiger partial charge >= 0.3 is 11.9 Å². The molecule has 3 aromatic rings. The minimum Gasteiger partial charge on any atom is -0.386 e. The smallest absolute Gasteiger partial charge is 0.346 e. The van der Waals surface area contributed by atoms with Crippen molar-refractivity contribution in [2.24, 2.45) is 0 Å². The number of carbonyl (C=O) groups is 2. The van der Waals surface area contributed by atoms with E-state index in [-0.39, 0.29) is 5.69 Å². The lowest BCUT2D eigenvalue weighted by Gasteiger charge is -2.16. The van der Waals surface area contributed by atoms with Gasteiger partial charge in [-0.05, 0) is 34.4 Å². The summed E-state index contributed by atoms with van der Waals surface area (Å²) in [6.45, 7) is 0. The lowest BCUT2D eigenvalue weighted by molar-refractivity contribution is -0.384. The van der Waals surface area contributed by atoms with Crippen LogP contribution in [-0.2, 0) is 4.74 Å². The Hall–Kier alpha value is -3.28. The van der Waals surface area contributed by atoms with Gasteiger partial charge in [-0.2, -0.15) is 0 Å². The number of fused-ring (bicyclic) bond motifs is 2. The van der Waals surface area contributed by atoms with Crippen LogP contribution in [-0.4, -0.2) is 16.9 Å². The van der Waals surface area contributed by atoms with E-state index in [1.807, 2.05) is 0 Å². The topological polar surface area (TPSA) is 86.5 Å². The molecule has 0 amide bonds. The first-order chi connectivity index (χ1) is 10.6. The number of hydrogen-bond donors (Lipinski definition) is 0. The molecule has 6 heteroatoms. The SMILES string of the molecule is O=C1OC(=O)c2cc3ccc([N+](=O)[O-])cc3c3cccc1c23. The van der Waals surface area contributed by atoms with Crippen LogP contribution in [0.25, 0.3) is 21.5 Å². The predicted molar refractivity (Wildman–Crippen MR) is 77.9 cm³/mol. The Morgan fingerprint density at radius 3 is 2.45 bits per heavy atom. The molecule has 0 aromatic heterocycles. The number of nitrogens with zero attached hydrogens (tertiary/aromatic N) is 1. The zero-order valence-electron chi connectivity index (χ0n) is 11.0. The summed E-state index contributed by atoms with van der Waals surface area (Å²) in [6, 6.07) is 11.0. The van der Waals surface area contributed by atoms with E-state index < -0.39 is 16.9 Å². The van der Waals surface area contributed by atoms with Crippen molar-refractivity contribution in [2.45, 2.75) is 0 Å². The van der Waals surface area contributed by atoms with E-state index in [1.165, 1.54) is 12.1 Å². The maximum atomic E-state index is 11.9. The standard InChI is InChI=1S/C16H7NO5/c18-15-11-3-1-2-10-12-7-9(17(20)21)5-4-8(12)6-13(14(10)11)16(19)22-15/h1-7H. The van der Waals surface area contributed by atoms with E-state index in [0.717, 1.165) is 0 Å². The van der Waals surface area contributed by atoms with E-state index in [9.17, 15) is 19.7 Å². The van der Waals surface area contributed by atoms with Crippen LogP contribution in [0.2, 0.25) is 0 Å². The lowest BCUT2D eigenvalue weighted by Crippen LogP contribution is -2.19. The molecule has 0 fully saturated rings. The van der Waals surface area contributed by atoms with Crippen LogP contribution < -0.4 is 0 Å². The average Bonchev–Trinajstić information content (AvgIpc) is 2.51. The molecule has 0 unspecified atom stereocenters. The molecule has 4 rings (SSSR count). The zero-order valence-corrected chi connectivity index (χ0v) is 11.0. The Morgan fingerprint density at radius 2 is 1.68 bits per heavy atom. The number of nitro benzene ring substituents is 1. The van der Waals surface area contributed by atoms with Gasteiger partial charge in [-0.15, -0.1) is 0 Å². The highest BCUT2D eigenvalue weighted by atomic mass is 16.6. The maximum absolute atomic E-state index is 11.9. The molecule has 0 saturated carbocycles. The number of cyclic esters (lactones) is 2. The van der Waals surface area contributed by atoms with Crippen molar-refractivity contribution in [1.29, 1.82) is 0 Å². The summed E-state index contributed by atoms with van der Waals surface area (Å²) in [7, 11) is 0. The predicted octanol–water partition coefficient (Wildman–Crippen LogP) is 3.21. The molecule has 0 N–H and O–H groups in total. The summed E-state index contributed by atoms with van der Waals surface area (Å²) in [5, 5.41) is 13.4. The third-order valence-corrected chi connectivity index (χ3v) is 3.80. The molecule has 0 aliphatic carbocycles. The molecular weight excluding hydrogens is 286 g/mol. The largest absolute Gasteiger partial charge is 0.386 e. The van der Waals surface area contributed by atoms with Gasteiger partial charge in [0, 0.05) is 17.5 Å². The molecule has 1 aliphatic heterocycles. The van der Waals surface area contributed by atoms with Crippen LogP contribution in [0.5, 0.6) is 0 Å². The fraction of sp³-hybridized carbons (Fsp3) is 0. The number of rotatable bonds is 1. The van der Waals surface area contributed by atoms with Gasteiger partial charge in [0.05, 0.1) is 16.1 Å². The number of esters is 2. The Kier molecular flexibility index (Phi) is 2.33. The van der Waals surface area contributed by atoms with Crippen molar-refractivity contribution in [2.75, 3.05) is 0 Å². The second-order valence-corrected chi connectivity index (χ2v) is 4.99. The van der Waals surface area contributed by atoms with Gasteiger partial charge in [-0.3, -0.25) is 10.1 Å². The molecule has 1 aliphatic rings. The Morgan fingerprint density at radius 1 is 0.909 bits per heavy atom. The summed E-state index contributed by atoms with van der Waals surface area (Å²) in [5.41, 5.74) is 0.546. The molecule has 6 nitrogen and oxygen atoms in total. The third-order valence-electron chi connectivity index (χ3n) is 3.80. The van der Waals surface area contributed by atoms with Gasteiger partial charge in [0.2, 0.25) is 0 Å². The Balaban J connectivity index is 2.23. The molecule has 3 aromatic carbocycles. The van der Waals surface area contributed by atoms with E-state index in [4.69, 9.17) is 4.74 Å².